The van der Waals surface area contributed by atoms with E-state index < -0.39 is 11.8 Å². The quantitative estimate of drug-likeness (QED) is 0.387. The molecule has 0 unspecified atom stereocenters. The molecule has 0 radical (unpaired) electrons. The van der Waals surface area contributed by atoms with Gasteiger partial charge in [0.1, 0.15) is 11.3 Å². The number of aryl methyl sites for hydroxylation is 1. The lowest BCUT2D eigenvalue weighted by Crippen LogP contribution is -2.10. The van der Waals surface area contributed by atoms with Crippen LogP contribution in [0.1, 0.15) is 23.2 Å². The van der Waals surface area contributed by atoms with Crippen LogP contribution in [0.3, 0.4) is 0 Å². The molecule has 0 amide bonds. The number of nitrogens with zero attached hydrogens (tertiary/aromatic N) is 5. The van der Waals surface area contributed by atoms with E-state index in [1.807, 2.05) is 22.9 Å². The Morgan fingerprint density at radius 3 is 2.85 bits per heavy atom. The Morgan fingerprint density at radius 2 is 2.06 bits per heavy atom. The molecule has 8 nitrogen and oxygen atoms in total. The van der Waals surface area contributed by atoms with Crippen LogP contribution < -0.4 is 5.32 Å². The van der Waals surface area contributed by atoms with Crippen molar-refractivity contribution < 1.29 is 14.3 Å². The van der Waals surface area contributed by atoms with E-state index in [9.17, 15) is 14.3 Å². The maximum Gasteiger partial charge on any atom is 0.337 e. The molecule has 1 aliphatic rings. The zero-order valence-electron chi connectivity index (χ0n) is 18.4. The number of carboxylic acids is 1. The molecule has 170 valence electrons. The van der Waals surface area contributed by atoms with E-state index in [1.165, 1.54) is 6.07 Å². The Balaban J connectivity index is 1.44. The van der Waals surface area contributed by atoms with Crippen molar-refractivity contribution in [2.45, 2.75) is 12.8 Å². The lowest BCUT2D eigenvalue weighted by atomic mass is 10.1. The van der Waals surface area contributed by atoms with Crippen molar-refractivity contribution in [3.8, 4) is 16.9 Å². The van der Waals surface area contributed by atoms with Crippen molar-refractivity contribution in [1.82, 2.24) is 24.3 Å². The molecule has 1 saturated carbocycles. The lowest BCUT2D eigenvalue weighted by Gasteiger charge is -2.13. The van der Waals surface area contributed by atoms with E-state index in [0.29, 0.717) is 39.5 Å². The van der Waals surface area contributed by atoms with Crippen LogP contribution in [0.2, 0.25) is 0 Å². The van der Waals surface area contributed by atoms with E-state index in [4.69, 9.17) is 4.98 Å². The number of hydrogen-bond donors (Lipinski definition) is 2. The van der Waals surface area contributed by atoms with Gasteiger partial charge in [-0.2, -0.15) is 5.10 Å². The van der Waals surface area contributed by atoms with Crippen LogP contribution in [0.15, 0.2) is 55.0 Å². The fourth-order valence-electron chi connectivity index (χ4n) is 4.20. The van der Waals surface area contributed by atoms with Crippen LogP contribution in [0.5, 0.6) is 0 Å². The second-order valence-electron chi connectivity index (χ2n) is 8.67. The standard InChI is InChI=1S/C25H21FN6O2/c1-31-23-10-19(26)18(8-15(23)12-29-31)22-13-28-20-6-7-32(24(20)30-22)16-4-5-17(25(33)34)21(9-16)27-11-14-2-3-14/h4-10,12-14,27H,2-3,11H2,1H3,(H,33,34). The molecule has 2 aromatic carbocycles. The third-order valence-corrected chi connectivity index (χ3v) is 6.29. The van der Waals surface area contributed by atoms with Crippen LogP contribution in [-0.2, 0) is 7.05 Å². The van der Waals surface area contributed by atoms with Gasteiger partial charge in [-0.1, -0.05) is 0 Å². The first kappa shape index (κ1) is 20.3. The summed E-state index contributed by atoms with van der Waals surface area (Å²) in [5.41, 5.74) is 4.19. The molecule has 9 heteroatoms. The van der Waals surface area contributed by atoms with Crippen LogP contribution >= 0.6 is 0 Å². The van der Waals surface area contributed by atoms with Crippen LogP contribution in [0.4, 0.5) is 10.1 Å². The molecule has 0 atom stereocenters. The molecule has 6 rings (SSSR count). The minimum Gasteiger partial charge on any atom is -0.478 e. The van der Waals surface area contributed by atoms with Gasteiger partial charge in [-0.3, -0.25) is 14.2 Å². The molecule has 0 aliphatic heterocycles. The second-order valence-corrected chi connectivity index (χ2v) is 8.67. The largest absolute Gasteiger partial charge is 0.478 e. The summed E-state index contributed by atoms with van der Waals surface area (Å²) in [6, 6.07) is 10.1. The Bertz CT molecular complexity index is 1580. The molecular formula is C25H21FN6O2. The maximum atomic E-state index is 15.0. The number of carbonyl (C=O) groups is 1. The van der Waals surface area contributed by atoms with Gasteiger partial charge in [-0.15, -0.1) is 0 Å². The summed E-state index contributed by atoms with van der Waals surface area (Å²) in [4.78, 5) is 20.9. The highest BCUT2D eigenvalue weighted by Gasteiger charge is 2.22. The molecule has 34 heavy (non-hydrogen) atoms. The molecule has 0 bridgehead atoms. The Labute approximate surface area is 193 Å². The number of aromatic nitrogens is 5. The number of carboxylic acid groups (broad SMARTS) is 1. The van der Waals surface area contributed by atoms with Gasteiger partial charge in [0.15, 0.2) is 5.65 Å². The van der Waals surface area contributed by atoms with Crippen molar-refractivity contribution in [3.63, 3.8) is 0 Å². The van der Waals surface area contributed by atoms with Crippen LogP contribution in [0.25, 0.3) is 39.0 Å². The predicted molar refractivity (Wildman–Crippen MR) is 127 cm³/mol. The van der Waals surface area contributed by atoms with Crippen molar-refractivity contribution in [3.05, 3.63) is 66.4 Å². The van der Waals surface area contributed by atoms with E-state index in [-0.39, 0.29) is 5.56 Å². The first-order valence-electron chi connectivity index (χ1n) is 11.1. The Hall–Kier alpha value is -4.27. The average molecular weight is 456 g/mol. The fourth-order valence-corrected chi connectivity index (χ4v) is 4.20. The van der Waals surface area contributed by atoms with Gasteiger partial charge >= 0.3 is 5.97 Å². The molecule has 0 saturated heterocycles. The molecule has 0 spiro atoms. The number of anilines is 1. The summed E-state index contributed by atoms with van der Waals surface area (Å²) >= 11 is 0. The molecular weight excluding hydrogens is 435 g/mol. The highest BCUT2D eigenvalue weighted by molar-refractivity contribution is 5.95. The fraction of sp³-hybridized carbons (Fsp3) is 0.200. The topological polar surface area (TPSA) is 97.9 Å². The van der Waals surface area contributed by atoms with Crippen LogP contribution in [-0.4, -0.2) is 41.9 Å². The number of rotatable bonds is 6. The number of aromatic carboxylic acids is 1. The van der Waals surface area contributed by atoms with Crippen molar-refractivity contribution in [1.29, 1.82) is 0 Å². The van der Waals surface area contributed by atoms with Crippen molar-refractivity contribution in [2.75, 3.05) is 11.9 Å². The minimum absolute atomic E-state index is 0.222. The van der Waals surface area contributed by atoms with Gasteiger partial charge in [0.2, 0.25) is 0 Å². The number of nitrogens with one attached hydrogen (secondary N) is 1. The van der Waals surface area contributed by atoms with Crippen molar-refractivity contribution >= 4 is 33.7 Å². The van der Waals surface area contributed by atoms with Gasteiger partial charge < -0.3 is 10.4 Å². The second kappa shape index (κ2) is 7.65. The van der Waals surface area contributed by atoms with E-state index in [0.717, 1.165) is 30.5 Å². The molecule has 3 heterocycles. The SMILES string of the molecule is Cn1ncc2cc(-c3cnc4ccn(-c5ccc(C(=O)O)c(NCC6CC6)c5)c4n3)c(F)cc21. The first-order chi connectivity index (χ1) is 16.5. The van der Waals surface area contributed by atoms with Gasteiger partial charge in [0, 0.05) is 42.5 Å². The number of benzene rings is 2. The Kier molecular flexibility index (Phi) is 4.58. The first-order valence-corrected chi connectivity index (χ1v) is 11.1. The van der Waals surface area contributed by atoms with Gasteiger partial charge in [-0.25, -0.2) is 14.2 Å². The smallest absolute Gasteiger partial charge is 0.337 e. The summed E-state index contributed by atoms with van der Waals surface area (Å²) in [5.74, 6) is -0.788. The highest BCUT2D eigenvalue weighted by atomic mass is 19.1. The molecule has 3 aromatic heterocycles. The summed E-state index contributed by atoms with van der Waals surface area (Å²) < 4.78 is 18.4. The summed E-state index contributed by atoms with van der Waals surface area (Å²) in [7, 11) is 1.77. The number of hydrogen-bond acceptors (Lipinski definition) is 5. The summed E-state index contributed by atoms with van der Waals surface area (Å²) in [5, 5.41) is 17.9. The molecule has 5 aromatic rings. The third-order valence-electron chi connectivity index (χ3n) is 6.29. The monoisotopic (exact) mass is 456 g/mol. The summed E-state index contributed by atoms with van der Waals surface area (Å²) in [6.45, 7) is 0.746. The number of fused-ring (bicyclic) bond motifs is 2. The van der Waals surface area contributed by atoms with E-state index >= 15 is 0 Å². The maximum absolute atomic E-state index is 15.0. The predicted octanol–water partition coefficient (Wildman–Crippen LogP) is 4.63. The van der Waals surface area contributed by atoms with Crippen molar-refractivity contribution in [2.24, 2.45) is 13.0 Å². The van der Waals surface area contributed by atoms with Gasteiger partial charge in [-0.05, 0) is 49.1 Å². The molecule has 2 N–H and O–H groups in total. The van der Waals surface area contributed by atoms with Gasteiger partial charge in [0.05, 0.1) is 34.9 Å². The average Bonchev–Trinajstić information content (AvgIpc) is 3.47. The normalized spacial score (nSPS) is 13.6. The zero-order chi connectivity index (χ0) is 23.4. The minimum atomic E-state index is -0.981. The molecule has 1 aliphatic carbocycles. The third kappa shape index (κ3) is 3.45. The lowest BCUT2D eigenvalue weighted by molar-refractivity contribution is 0.0698. The summed E-state index contributed by atoms with van der Waals surface area (Å²) in [6.07, 6.45) is 7.40. The van der Waals surface area contributed by atoms with E-state index in [1.54, 1.807) is 42.3 Å². The molecule has 1 fully saturated rings. The highest BCUT2D eigenvalue weighted by Crippen LogP contribution is 2.31. The van der Waals surface area contributed by atoms with Gasteiger partial charge in [0.25, 0.3) is 0 Å². The Morgan fingerprint density at radius 1 is 1.21 bits per heavy atom. The van der Waals surface area contributed by atoms with E-state index in [2.05, 4.69) is 15.4 Å². The number of halogens is 1. The van der Waals surface area contributed by atoms with Crippen LogP contribution in [0, 0.1) is 11.7 Å². The zero-order valence-corrected chi connectivity index (χ0v) is 18.4.